The fraction of sp³-hybridized carbons (Fsp3) is 0.333. The summed E-state index contributed by atoms with van der Waals surface area (Å²) in [4.78, 5) is 0. The molecule has 0 aliphatic rings. The number of benzene rings is 1. The zero-order valence-electron chi connectivity index (χ0n) is 8.06. The Labute approximate surface area is 87.5 Å². The summed E-state index contributed by atoms with van der Waals surface area (Å²) in [5.74, 6) is 0.342. The van der Waals surface area contributed by atoms with Crippen molar-refractivity contribution in [3.8, 4) is 0 Å². The summed E-state index contributed by atoms with van der Waals surface area (Å²) < 4.78 is 27.9. The SMILES string of the molecule is Cc1cc(C)cc(C[S+]=S(=O)(O)O)c1. The van der Waals surface area contributed by atoms with Crippen LogP contribution in [-0.4, -0.2) is 13.3 Å². The maximum atomic E-state index is 10.6. The molecular formula is C9H13O3S2+. The van der Waals surface area contributed by atoms with Crippen molar-refractivity contribution in [2.75, 3.05) is 0 Å². The second kappa shape index (κ2) is 4.35. The Hall–Kier alpha value is -0.490. The molecule has 0 unspecified atom stereocenters. The van der Waals surface area contributed by atoms with Crippen molar-refractivity contribution in [2.45, 2.75) is 19.6 Å². The molecule has 0 aliphatic heterocycles. The first-order chi connectivity index (χ1) is 6.37. The van der Waals surface area contributed by atoms with Crippen LogP contribution >= 0.6 is 0 Å². The molecule has 3 nitrogen and oxygen atoms in total. The normalized spacial score (nSPS) is 11.4. The third-order valence-corrected chi connectivity index (χ3v) is 3.69. The van der Waals surface area contributed by atoms with E-state index in [1.165, 1.54) is 0 Å². The van der Waals surface area contributed by atoms with Gasteiger partial charge < -0.3 is 0 Å². The van der Waals surface area contributed by atoms with Gasteiger partial charge in [0.2, 0.25) is 5.75 Å². The smallest absolute Gasteiger partial charge is 0.251 e. The lowest BCUT2D eigenvalue weighted by atomic mass is 10.1. The van der Waals surface area contributed by atoms with E-state index in [0.29, 0.717) is 16.1 Å². The van der Waals surface area contributed by atoms with E-state index in [-0.39, 0.29) is 0 Å². The van der Waals surface area contributed by atoms with Crippen LogP contribution in [-0.2, 0) is 25.1 Å². The van der Waals surface area contributed by atoms with Crippen LogP contribution in [0.3, 0.4) is 0 Å². The first kappa shape index (κ1) is 11.6. The highest BCUT2D eigenvalue weighted by atomic mass is 32.9. The summed E-state index contributed by atoms with van der Waals surface area (Å²) in [6.45, 7) is 3.94. The molecule has 1 aromatic carbocycles. The van der Waals surface area contributed by atoms with Crippen LogP contribution in [0.15, 0.2) is 18.2 Å². The number of hydrogen-bond acceptors (Lipinski definition) is 1. The van der Waals surface area contributed by atoms with E-state index in [0.717, 1.165) is 16.7 Å². The number of aryl methyl sites for hydroxylation is 2. The molecule has 5 heteroatoms. The number of hydrogen-bond donors (Lipinski definition) is 2. The minimum absolute atomic E-state index is 0.342. The average Bonchev–Trinajstić information content (AvgIpc) is 1.97. The van der Waals surface area contributed by atoms with Gasteiger partial charge in [0.1, 0.15) is 0 Å². The van der Waals surface area contributed by atoms with E-state index in [1.54, 1.807) is 0 Å². The molecule has 1 aromatic rings. The first-order valence-electron chi connectivity index (χ1n) is 4.07. The van der Waals surface area contributed by atoms with Gasteiger partial charge in [0, 0.05) is 5.56 Å². The van der Waals surface area contributed by atoms with E-state index < -0.39 is 9.05 Å². The zero-order chi connectivity index (χ0) is 10.8. The fourth-order valence-corrected chi connectivity index (χ4v) is 2.62. The van der Waals surface area contributed by atoms with Crippen LogP contribution < -0.4 is 0 Å². The van der Waals surface area contributed by atoms with Crippen molar-refractivity contribution in [1.82, 2.24) is 0 Å². The van der Waals surface area contributed by atoms with Crippen LogP contribution in [0.1, 0.15) is 16.7 Å². The molecule has 0 spiro atoms. The highest BCUT2D eigenvalue weighted by Gasteiger charge is 2.10. The molecule has 1 rings (SSSR count). The second-order valence-electron chi connectivity index (χ2n) is 3.21. The molecule has 0 radical (unpaired) electrons. The summed E-state index contributed by atoms with van der Waals surface area (Å²) in [7, 11) is -3.04. The van der Waals surface area contributed by atoms with Gasteiger partial charge >= 0.3 is 9.05 Å². The molecule has 0 heterocycles. The van der Waals surface area contributed by atoms with E-state index >= 15 is 0 Å². The molecule has 78 valence electrons. The predicted octanol–water partition coefficient (Wildman–Crippen LogP) is 2.03. The molecule has 14 heavy (non-hydrogen) atoms. The van der Waals surface area contributed by atoms with Crippen molar-refractivity contribution in [3.63, 3.8) is 0 Å². The molecule has 0 aliphatic carbocycles. The summed E-state index contributed by atoms with van der Waals surface area (Å²) in [6, 6.07) is 5.90. The fourth-order valence-electron chi connectivity index (χ4n) is 1.30. The van der Waals surface area contributed by atoms with Crippen LogP contribution in [0.5, 0.6) is 0 Å². The van der Waals surface area contributed by atoms with Crippen molar-refractivity contribution in [1.29, 1.82) is 0 Å². The summed E-state index contributed by atoms with van der Waals surface area (Å²) in [5, 5.41) is 0. The standard InChI is InChI=1S/C9H12O3S2/c1-7-3-8(2)5-9(4-7)6-13-14(10,11)12/h3-5H,6H2,1-2H3,(H-,10,11,12)/p+1. The van der Waals surface area contributed by atoms with Gasteiger partial charge in [0.15, 0.2) is 0 Å². The monoisotopic (exact) mass is 233 g/mol. The Bertz CT molecular complexity index is 417. The maximum absolute atomic E-state index is 10.6. The molecule has 0 aromatic heterocycles. The molecular weight excluding hydrogens is 220 g/mol. The average molecular weight is 233 g/mol. The first-order valence-corrected chi connectivity index (χ1v) is 7.05. The van der Waals surface area contributed by atoms with Crippen LogP contribution in [0.4, 0.5) is 0 Å². The summed E-state index contributed by atoms with van der Waals surface area (Å²) in [5.41, 5.74) is 3.18. The summed E-state index contributed by atoms with van der Waals surface area (Å²) in [6.07, 6.45) is 0. The van der Waals surface area contributed by atoms with Gasteiger partial charge in [-0.3, -0.25) is 9.11 Å². The number of rotatable bonds is 2. The van der Waals surface area contributed by atoms with Gasteiger partial charge in [-0.05, 0) is 13.8 Å². The van der Waals surface area contributed by atoms with Gasteiger partial charge in [0.25, 0.3) is 10.3 Å². The molecule has 0 fully saturated rings. The summed E-state index contributed by atoms with van der Waals surface area (Å²) >= 11 is 0. The van der Waals surface area contributed by atoms with E-state index in [2.05, 4.69) is 0 Å². The largest absolute Gasteiger partial charge is 0.430 e. The van der Waals surface area contributed by atoms with Crippen molar-refractivity contribution in [3.05, 3.63) is 34.9 Å². The van der Waals surface area contributed by atoms with E-state index in [9.17, 15) is 4.21 Å². The lowest BCUT2D eigenvalue weighted by Crippen LogP contribution is -1.97. The van der Waals surface area contributed by atoms with Crippen LogP contribution in [0.25, 0.3) is 0 Å². The highest BCUT2D eigenvalue weighted by molar-refractivity contribution is 8.33. The topological polar surface area (TPSA) is 57.5 Å². The quantitative estimate of drug-likeness (QED) is 0.768. The maximum Gasteiger partial charge on any atom is 0.430 e. The lowest BCUT2D eigenvalue weighted by Gasteiger charge is -1.97. The molecule has 0 saturated heterocycles. The lowest BCUT2D eigenvalue weighted by molar-refractivity contribution is 0.450. The van der Waals surface area contributed by atoms with Crippen LogP contribution in [0.2, 0.25) is 0 Å². The molecule has 0 amide bonds. The second-order valence-corrected chi connectivity index (χ2v) is 6.64. The Kier molecular flexibility index (Phi) is 3.60. The van der Waals surface area contributed by atoms with Gasteiger partial charge in [-0.15, -0.1) is 0 Å². The Balaban J connectivity index is 2.94. The predicted molar refractivity (Wildman–Crippen MR) is 60.4 cm³/mol. The Morgan fingerprint density at radius 2 is 1.71 bits per heavy atom. The zero-order valence-corrected chi connectivity index (χ0v) is 9.69. The Morgan fingerprint density at radius 3 is 2.14 bits per heavy atom. The molecule has 0 bridgehead atoms. The van der Waals surface area contributed by atoms with Crippen molar-refractivity contribution >= 4 is 19.4 Å². The third-order valence-electron chi connectivity index (χ3n) is 1.66. The Morgan fingerprint density at radius 1 is 1.21 bits per heavy atom. The molecule has 2 N–H and O–H groups in total. The van der Waals surface area contributed by atoms with E-state index in [4.69, 9.17) is 9.11 Å². The van der Waals surface area contributed by atoms with Gasteiger partial charge in [-0.1, -0.05) is 29.3 Å². The van der Waals surface area contributed by atoms with Gasteiger partial charge in [-0.25, -0.2) is 0 Å². The van der Waals surface area contributed by atoms with E-state index in [1.807, 2.05) is 32.0 Å². The van der Waals surface area contributed by atoms with Gasteiger partial charge in [-0.2, -0.15) is 4.21 Å². The van der Waals surface area contributed by atoms with Crippen LogP contribution in [0, 0.1) is 13.8 Å². The molecule has 0 atom stereocenters. The highest BCUT2D eigenvalue weighted by Crippen LogP contribution is 2.09. The minimum atomic E-state index is -3.68. The van der Waals surface area contributed by atoms with Crippen molar-refractivity contribution < 1.29 is 13.3 Å². The minimum Gasteiger partial charge on any atom is -0.251 e. The van der Waals surface area contributed by atoms with Gasteiger partial charge in [0.05, 0.1) is 0 Å². The third kappa shape index (κ3) is 4.15. The molecule has 0 saturated carbocycles. The van der Waals surface area contributed by atoms with Crippen molar-refractivity contribution in [2.24, 2.45) is 0 Å².